The Labute approximate surface area is 144 Å². The highest BCUT2D eigenvalue weighted by atomic mass is 35.5. The van der Waals surface area contributed by atoms with Gasteiger partial charge in [-0.15, -0.1) is 11.8 Å². The third-order valence-corrected chi connectivity index (χ3v) is 7.03. The van der Waals surface area contributed by atoms with Crippen molar-refractivity contribution in [1.82, 2.24) is 4.72 Å². The van der Waals surface area contributed by atoms with Crippen molar-refractivity contribution in [3.63, 3.8) is 0 Å². The van der Waals surface area contributed by atoms with E-state index in [2.05, 4.69) is 4.72 Å². The van der Waals surface area contributed by atoms with Crippen LogP contribution in [0, 0.1) is 0 Å². The minimum atomic E-state index is -3.73. The fraction of sp³-hybridized carbons (Fsp3) is 0.200. The summed E-state index contributed by atoms with van der Waals surface area (Å²) in [6.07, 6.45) is 0.735. The highest BCUT2D eigenvalue weighted by molar-refractivity contribution is 7.99. The van der Waals surface area contributed by atoms with Crippen LogP contribution in [-0.2, 0) is 10.0 Å². The fourth-order valence-corrected chi connectivity index (χ4v) is 5.54. The van der Waals surface area contributed by atoms with Crippen LogP contribution in [0.5, 0.6) is 0 Å². The molecule has 0 radical (unpaired) electrons. The standard InChI is InChI=1S/C15H13Cl2NO2S2/c16-11-5-3-7-14(15(11)17)22(19,20)18-12-8-9-21-13-6-2-1-4-10(12)13/h1-7,12,18H,8-9H2/t12-/m1/s1. The van der Waals surface area contributed by atoms with Gasteiger partial charge in [-0.1, -0.05) is 47.5 Å². The number of fused-ring (bicyclic) bond motifs is 1. The lowest BCUT2D eigenvalue weighted by atomic mass is 10.1. The van der Waals surface area contributed by atoms with E-state index < -0.39 is 10.0 Å². The summed E-state index contributed by atoms with van der Waals surface area (Å²) in [5, 5.41) is 0.277. The molecule has 22 heavy (non-hydrogen) atoms. The minimum Gasteiger partial charge on any atom is -0.207 e. The largest absolute Gasteiger partial charge is 0.242 e. The molecule has 0 fully saturated rings. The molecule has 0 aromatic heterocycles. The number of hydrogen-bond donors (Lipinski definition) is 1. The molecule has 7 heteroatoms. The molecule has 0 amide bonds. The SMILES string of the molecule is O=S(=O)(N[C@@H]1CCSc2ccccc21)c1cccc(Cl)c1Cl. The zero-order chi connectivity index (χ0) is 15.7. The lowest BCUT2D eigenvalue weighted by Crippen LogP contribution is -2.31. The smallest absolute Gasteiger partial charge is 0.207 e. The van der Waals surface area contributed by atoms with E-state index in [-0.39, 0.29) is 21.0 Å². The molecule has 0 saturated heterocycles. The first-order chi connectivity index (χ1) is 10.5. The van der Waals surface area contributed by atoms with Crippen LogP contribution < -0.4 is 4.72 Å². The molecule has 0 saturated carbocycles. The molecule has 0 bridgehead atoms. The van der Waals surface area contributed by atoms with Gasteiger partial charge >= 0.3 is 0 Å². The van der Waals surface area contributed by atoms with Gasteiger partial charge in [0.1, 0.15) is 4.90 Å². The van der Waals surface area contributed by atoms with Crippen molar-refractivity contribution < 1.29 is 8.42 Å². The third-order valence-electron chi connectivity index (χ3n) is 3.46. The Hall–Kier alpha value is -0.720. The Kier molecular flexibility index (Phi) is 4.71. The second-order valence-corrected chi connectivity index (χ2v) is 8.51. The van der Waals surface area contributed by atoms with Crippen molar-refractivity contribution in [3.05, 3.63) is 58.1 Å². The van der Waals surface area contributed by atoms with Gasteiger partial charge in [0.25, 0.3) is 0 Å². The normalized spacial score (nSPS) is 18.0. The van der Waals surface area contributed by atoms with E-state index in [9.17, 15) is 8.42 Å². The summed E-state index contributed by atoms with van der Waals surface area (Å²) >= 11 is 13.7. The molecule has 2 aromatic rings. The van der Waals surface area contributed by atoms with Crippen LogP contribution >= 0.6 is 35.0 Å². The van der Waals surface area contributed by atoms with Crippen LogP contribution in [0.4, 0.5) is 0 Å². The molecule has 1 aliphatic rings. The van der Waals surface area contributed by atoms with Gasteiger partial charge < -0.3 is 0 Å². The molecule has 0 spiro atoms. The van der Waals surface area contributed by atoms with Crippen molar-refractivity contribution in [3.8, 4) is 0 Å². The van der Waals surface area contributed by atoms with Crippen LogP contribution in [0.25, 0.3) is 0 Å². The van der Waals surface area contributed by atoms with E-state index in [1.54, 1.807) is 23.9 Å². The molecule has 1 heterocycles. The van der Waals surface area contributed by atoms with E-state index in [0.29, 0.717) is 0 Å². The summed E-state index contributed by atoms with van der Waals surface area (Å²) in [5.74, 6) is 0.869. The summed E-state index contributed by atoms with van der Waals surface area (Å²) in [6.45, 7) is 0. The minimum absolute atomic E-state index is 0.0115. The Bertz CT molecular complexity index is 809. The maximum atomic E-state index is 12.6. The molecular weight excluding hydrogens is 361 g/mol. The molecule has 116 valence electrons. The monoisotopic (exact) mass is 373 g/mol. The van der Waals surface area contributed by atoms with Crippen LogP contribution in [0.1, 0.15) is 18.0 Å². The van der Waals surface area contributed by atoms with Gasteiger partial charge in [0.2, 0.25) is 10.0 Å². The topological polar surface area (TPSA) is 46.2 Å². The number of sulfonamides is 1. The van der Waals surface area contributed by atoms with E-state index in [0.717, 1.165) is 22.6 Å². The van der Waals surface area contributed by atoms with Gasteiger partial charge in [-0.25, -0.2) is 13.1 Å². The number of benzene rings is 2. The number of rotatable bonds is 3. The summed E-state index contributed by atoms with van der Waals surface area (Å²) in [4.78, 5) is 1.12. The predicted molar refractivity (Wildman–Crippen MR) is 91.3 cm³/mol. The molecule has 0 unspecified atom stereocenters. The van der Waals surface area contributed by atoms with E-state index in [4.69, 9.17) is 23.2 Å². The van der Waals surface area contributed by atoms with Gasteiger partial charge in [-0.05, 0) is 35.9 Å². The highest BCUT2D eigenvalue weighted by Gasteiger charge is 2.27. The van der Waals surface area contributed by atoms with Crippen LogP contribution in [0.15, 0.2) is 52.3 Å². The van der Waals surface area contributed by atoms with Gasteiger partial charge in [0.05, 0.1) is 10.0 Å². The van der Waals surface area contributed by atoms with E-state index >= 15 is 0 Å². The zero-order valence-corrected chi connectivity index (χ0v) is 14.6. The summed E-state index contributed by atoms with van der Waals surface area (Å²) in [7, 11) is -3.73. The lowest BCUT2D eigenvalue weighted by Gasteiger charge is -2.25. The molecule has 0 aliphatic carbocycles. The molecule has 3 rings (SSSR count). The first kappa shape index (κ1) is 16.1. The molecule has 1 atom stereocenters. The average molecular weight is 374 g/mol. The Balaban J connectivity index is 1.95. The first-order valence-electron chi connectivity index (χ1n) is 6.67. The van der Waals surface area contributed by atoms with E-state index in [1.807, 2.05) is 24.3 Å². The number of hydrogen-bond acceptors (Lipinski definition) is 3. The number of thioether (sulfide) groups is 1. The van der Waals surface area contributed by atoms with Crippen molar-refractivity contribution in [2.45, 2.75) is 22.3 Å². The first-order valence-corrected chi connectivity index (χ1v) is 9.89. The Morgan fingerprint density at radius 3 is 2.68 bits per heavy atom. The van der Waals surface area contributed by atoms with Crippen LogP contribution in [0.2, 0.25) is 10.0 Å². The van der Waals surface area contributed by atoms with E-state index in [1.165, 1.54) is 6.07 Å². The third kappa shape index (κ3) is 3.14. The fourth-order valence-electron chi connectivity index (χ4n) is 2.41. The van der Waals surface area contributed by atoms with Crippen molar-refractivity contribution in [2.75, 3.05) is 5.75 Å². The molecule has 3 nitrogen and oxygen atoms in total. The zero-order valence-electron chi connectivity index (χ0n) is 11.4. The summed E-state index contributed by atoms with van der Waals surface area (Å²) in [6, 6.07) is 12.2. The summed E-state index contributed by atoms with van der Waals surface area (Å²) < 4.78 is 28.0. The van der Waals surface area contributed by atoms with Crippen LogP contribution in [-0.4, -0.2) is 14.2 Å². The number of halogens is 2. The number of nitrogens with one attached hydrogen (secondary N) is 1. The lowest BCUT2D eigenvalue weighted by molar-refractivity contribution is 0.546. The van der Waals surface area contributed by atoms with Gasteiger partial charge in [-0.2, -0.15) is 0 Å². The van der Waals surface area contributed by atoms with Crippen molar-refractivity contribution in [1.29, 1.82) is 0 Å². The maximum Gasteiger partial charge on any atom is 0.242 e. The van der Waals surface area contributed by atoms with Gasteiger partial charge in [-0.3, -0.25) is 0 Å². The molecule has 2 aromatic carbocycles. The maximum absolute atomic E-state index is 12.6. The van der Waals surface area contributed by atoms with Crippen molar-refractivity contribution in [2.24, 2.45) is 0 Å². The average Bonchev–Trinajstić information content (AvgIpc) is 2.50. The molecule has 1 N–H and O–H groups in total. The second kappa shape index (κ2) is 6.42. The van der Waals surface area contributed by atoms with Crippen molar-refractivity contribution >= 4 is 45.0 Å². The highest BCUT2D eigenvalue weighted by Crippen LogP contribution is 2.37. The molecular formula is C15H13Cl2NO2S2. The quantitative estimate of drug-likeness (QED) is 0.860. The predicted octanol–water partition coefficient (Wildman–Crippen LogP) is 4.51. The summed E-state index contributed by atoms with van der Waals surface area (Å²) in [5.41, 5.74) is 1.00. The van der Waals surface area contributed by atoms with Gasteiger partial charge in [0.15, 0.2) is 0 Å². The second-order valence-electron chi connectivity index (χ2n) is 4.90. The van der Waals surface area contributed by atoms with Gasteiger partial charge in [0, 0.05) is 10.9 Å². The Morgan fingerprint density at radius 1 is 1.09 bits per heavy atom. The van der Waals surface area contributed by atoms with Crippen LogP contribution in [0.3, 0.4) is 0 Å². The molecule has 1 aliphatic heterocycles. The Morgan fingerprint density at radius 2 is 1.86 bits per heavy atom.